The first-order chi connectivity index (χ1) is 8.66. The maximum absolute atomic E-state index is 9.77. The van der Waals surface area contributed by atoms with Crippen molar-refractivity contribution < 1.29 is 5.11 Å². The van der Waals surface area contributed by atoms with Crippen LogP contribution in [0.1, 0.15) is 0 Å². The Bertz CT molecular complexity index is 736. The van der Waals surface area contributed by atoms with E-state index >= 15 is 0 Å². The van der Waals surface area contributed by atoms with Crippen LogP contribution < -0.4 is 0 Å². The van der Waals surface area contributed by atoms with Crippen LogP contribution in [0.2, 0.25) is 0 Å². The van der Waals surface area contributed by atoms with Gasteiger partial charge in [0.25, 0.3) is 0 Å². The van der Waals surface area contributed by atoms with E-state index < -0.39 is 0 Å². The fourth-order valence-electron chi connectivity index (χ4n) is 1.96. The molecule has 0 aliphatic heterocycles. The summed E-state index contributed by atoms with van der Waals surface area (Å²) in [5.41, 5.74) is 2.78. The highest BCUT2D eigenvalue weighted by atomic mass is 127. The van der Waals surface area contributed by atoms with E-state index in [9.17, 15) is 5.11 Å². The predicted octanol–water partition coefficient (Wildman–Crippen LogP) is 2.95. The number of benzene rings is 1. The fraction of sp³-hybridized carbons (Fsp3) is 0.0769. The zero-order valence-electron chi connectivity index (χ0n) is 9.63. The number of nitrogens with zero attached hydrogens (tertiary/aromatic N) is 3. The number of hydrogen-bond acceptors (Lipinski definition) is 3. The molecular weight excluding hydrogens is 341 g/mol. The van der Waals surface area contributed by atoms with Gasteiger partial charge >= 0.3 is 0 Å². The van der Waals surface area contributed by atoms with Gasteiger partial charge in [0.2, 0.25) is 0 Å². The van der Waals surface area contributed by atoms with Gasteiger partial charge in [-0.3, -0.25) is 4.98 Å². The van der Waals surface area contributed by atoms with Crippen LogP contribution >= 0.6 is 22.6 Å². The van der Waals surface area contributed by atoms with Gasteiger partial charge in [0.15, 0.2) is 0 Å². The molecule has 0 bridgehead atoms. The first-order valence-corrected chi connectivity index (χ1v) is 6.50. The fourth-order valence-corrected chi connectivity index (χ4v) is 2.30. The number of phenols is 1. The van der Waals surface area contributed by atoms with Crippen molar-refractivity contribution in [3.63, 3.8) is 0 Å². The Labute approximate surface area is 117 Å². The molecule has 3 aromatic rings. The van der Waals surface area contributed by atoms with E-state index in [0.717, 1.165) is 26.0 Å². The lowest BCUT2D eigenvalue weighted by molar-refractivity contribution is 0.471. The molecule has 0 spiro atoms. The van der Waals surface area contributed by atoms with Crippen molar-refractivity contribution in [1.82, 2.24) is 14.5 Å². The maximum Gasteiger partial charge on any atom is 0.141 e. The summed E-state index contributed by atoms with van der Waals surface area (Å²) in [6.07, 6.45) is 3.49. The molecule has 0 saturated carbocycles. The van der Waals surface area contributed by atoms with Crippen molar-refractivity contribution >= 4 is 33.6 Å². The summed E-state index contributed by atoms with van der Waals surface area (Å²) < 4.78 is 2.83. The Morgan fingerprint density at radius 1 is 1.28 bits per heavy atom. The largest absolute Gasteiger partial charge is 0.507 e. The molecule has 0 saturated heterocycles. The number of phenolic OH excluding ortho intramolecular Hbond substituents is 1. The molecule has 2 heterocycles. The summed E-state index contributed by atoms with van der Waals surface area (Å²) in [6.45, 7) is 0. The number of hydrogen-bond donors (Lipinski definition) is 1. The number of pyridine rings is 1. The van der Waals surface area contributed by atoms with Crippen molar-refractivity contribution in [3.05, 3.63) is 40.2 Å². The van der Waals surface area contributed by atoms with E-state index in [0.29, 0.717) is 0 Å². The Hall–Kier alpha value is -1.63. The number of fused-ring (bicyclic) bond motifs is 1. The molecule has 0 amide bonds. The topological polar surface area (TPSA) is 50.9 Å². The number of rotatable bonds is 1. The van der Waals surface area contributed by atoms with Gasteiger partial charge in [0, 0.05) is 18.8 Å². The number of halogens is 1. The molecule has 1 N–H and O–H groups in total. The van der Waals surface area contributed by atoms with Crippen LogP contribution in [0.5, 0.6) is 5.75 Å². The Balaban J connectivity index is 2.25. The van der Waals surface area contributed by atoms with E-state index in [4.69, 9.17) is 0 Å². The van der Waals surface area contributed by atoms with Gasteiger partial charge in [-0.05, 0) is 46.9 Å². The third-order valence-electron chi connectivity index (χ3n) is 2.89. The van der Waals surface area contributed by atoms with E-state index in [1.54, 1.807) is 18.5 Å². The van der Waals surface area contributed by atoms with Gasteiger partial charge in [-0.1, -0.05) is 0 Å². The van der Waals surface area contributed by atoms with E-state index in [-0.39, 0.29) is 5.75 Å². The second-order valence-corrected chi connectivity index (χ2v) is 5.19. The molecule has 0 fully saturated rings. The Morgan fingerprint density at radius 3 is 2.83 bits per heavy atom. The molecule has 18 heavy (non-hydrogen) atoms. The van der Waals surface area contributed by atoms with E-state index in [2.05, 4.69) is 32.6 Å². The van der Waals surface area contributed by atoms with E-state index in [1.165, 1.54) is 0 Å². The smallest absolute Gasteiger partial charge is 0.141 e. The average molecular weight is 351 g/mol. The van der Waals surface area contributed by atoms with E-state index in [1.807, 2.05) is 29.8 Å². The monoisotopic (exact) mass is 351 g/mol. The van der Waals surface area contributed by atoms with Gasteiger partial charge in [-0.15, -0.1) is 0 Å². The summed E-state index contributed by atoms with van der Waals surface area (Å²) in [7, 11) is 1.96. The minimum Gasteiger partial charge on any atom is -0.507 e. The number of aromatic nitrogens is 3. The minimum absolute atomic E-state index is 0.276. The van der Waals surface area contributed by atoms with Crippen LogP contribution in [0.25, 0.3) is 22.4 Å². The maximum atomic E-state index is 9.77. The molecule has 4 nitrogen and oxygen atoms in total. The molecule has 0 aliphatic rings. The van der Waals surface area contributed by atoms with Crippen LogP contribution in [0.15, 0.2) is 36.7 Å². The second kappa shape index (κ2) is 4.24. The van der Waals surface area contributed by atoms with Crippen molar-refractivity contribution in [1.29, 1.82) is 0 Å². The first kappa shape index (κ1) is 11.5. The Morgan fingerprint density at radius 2 is 2.11 bits per heavy atom. The molecule has 0 atom stereocenters. The van der Waals surface area contributed by atoms with Crippen molar-refractivity contribution in [2.45, 2.75) is 0 Å². The van der Waals surface area contributed by atoms with Crippen molar-refractivity contribution in [3.8, 4) is 17.1 Å². The molecule has 90 valence electrons. The lowest BCUT2D eigenvalue weighted by atomic mass is 10.2. The van der Waals surface area contributed by atoms with Crippen molar-refractivity contribution in [2.24, 2.45) is 7.05 Å². The number of imidazole rings is 1. The predicted molar refractivity (Wildman–Crippen MR) is 78.3 cm³/mol. The quantitative estimate of drug-likeness (QED) is 0.686. The van der Waals surface area contributed by atoms with Crippen LogP contribution in [0.3, 0.4) is 0 Å². The highest BCUT2D eigenvalue weighted by Crippen LogP contribution is 2.28. The molecule has 0 aliphatic carbocycles. The standard InChI is InChI=1S/C13H10IN3O/c1-17-11-4-5-15-7-10(11)16-13(17)8-2-3-9(14)12(18)6-8/h2-7,18H,1H3. The third kappa shape index (κ3) is 1.74. The third-order valence-corrected chi connectivity index (χ3v) is 3.80. The summed E-state index contributed by atoms with van der Waals surface area (Å²) in [5, 5.41) is 9.77. The summed E-state index contributed by atoms with van der Waals surface area (Å²) in [6, 6.07) is 7.49. The highest BCUT2D eigenvalue weighted by molar-refractivity contribution is 14.1. The summed E-state index contributed by atoms with van der Waals surface area (Å²) >= 11 is 2.10. The van der Waals surface area contributed by atoms with Crippen LogP contribution in [0, 0.1) is 3.57 Å². The SMILES string of the molecule is Cn1c(-c2ccc(I)c(O)c2)nc2cnccc21. The number of aryl methyl sites for hydroxylation is 1. The van der Waals surface area contributed by atoms with Crippen LogP contribution in [-0.2, 0) is 7.05 Å². The normalized spacial score (nSPS) is 11.0. The van der Waals surface area contributed by atoms with Gasteiger partial charge in [0.1, 0.15) is 17.1 Å². The lowest BCUT2D eigenvalue weighted by Crippen LogP contribution is -1.92. The van der Waals surface area contributed by atoms with Gasteiger partial charge in [-0.2, -0.15) is 0 Å². The van der Waals surface area contributed by atoms with Crippen molar-refractivity contribution in [2.75, 3.05) is 0 Å². The summed E-state index contributed by atoms with van der Waals surface area (Å²) in [5.74, 6) is 1.10. The zero-order chi connectivity index (χ0) is 12.7. The number of aromatic hydroxyl groups is 1. The van der Waals surface area contributed by atoms with Gasteiger partial charge in [0.05, 0.1) is 15.3 Å². The molecule has 0 radical (unpaired) electrons. The van der Waals surface area contributed by atoms with Crippen LogP contribution in [-0.4, -0.2) is 19.6 Å². The minimum atomic E-state index is 0.276. The molecular formula is C13H10IN3O. The second-order valence-electron chi connectivity index (χ2n) is 4.03. The molecule has 0 unspecified atom stereocenters. The van der Waals surface area contributed by atoms with Gasteiger partial charge in [-0.25, -0.2) is 4.98 Å². The lowest BCUT2D eigenvalue weighted by Gasteiger charge is -2.04. The molecule has 3 rings (SSSR count). The first-order valence-electron chi connectivity index (χ1n) is 5.42. The average Bonchev–Trinajstić information content (AvgIpc) is 2.71. The summed E-state index contributed by atoms with van der Waals surface area (Å²) in [4.78, 5) is 8.61. The molecule has 1 aromatic carbocycles. The van der Waals surface area contributed by atoms with Gasteiger partial charge < -0.3 is 9.67 Å². The Kier molecular flexibility index (Phi) is 2.70. The van der Waals surface area contributed by atoms with Crippen LogP contribution in [0.4, 0.5) is 0 Å². The highest BCUT2D eigenvalue weighted by Gasteiger charge is 2.10. The molecule has 2 aromatic heterocycles. The molecule has 5 heteroatoms. The zero-order valence-corrected chi connectivity index (χ0v) is 11.8.